The summed E-state index contributed by atoms with van der Waals surface area (Å²) >= 11 is 1.08. The summed E-state index contributed by atoms with van der Waals surface area (Å²) in [5.74, 6) is -1.91. The molecule has 0 unspecified atom stereocenters. The summed E-state index contributed by atoms with van der Waals surface area (Å²) in [6, 6.07) is 2.84. The number of rotatable bonds is 4. The molecule has 1 saturated heterocycles. The molecule has 13 heteroatoms. The average molecular weight is 439 g/mol. The van der Waals surface area contributed by atoms with E-state index in [0.717, 1.165) is 39.9 Å². The lowest BCUT2D eigenvalue weighted by atomic mass is 10.2. The van der Waals surface area contributed by atoms with E-state index in [9.17, 15) is 27.5 Å². The van der Waals surface area contributed by atoms with Gasteiger partial charge >= 0.3 is 5.97 Å². The number of carboxylic acid groups (broad SMARTS) is 1. The molecule has 0 radical (unpaired) electrons. The maximum Gasteiger partial charge on any atom is 0.323 e. The summed E-state index contributed by atoms with van der Waals surface area (Å²) in [7, 11) is -4.13. The molecular weight excluding hydrogens is 425 g/mol. The number of nitrogens with one attached hydrogen (secondary N) is 1. The van der Waals surface area contributed by atoms with Crippen molar-refractivity contribution in [3.05, 3.63) is 46.6 Å². The number of thiazole rings is 1. The number of nitrogens with zero attached hydrogens (tertiary/aromatic N) is 4. The Morgan fingerprint density at radius 3 is 2.66 bits per heavy atom. The molecule has 0 aliphatic carbocycles. The van der Waals surface area contributed by atoms with Crippen LogP contribution in [0.5, 0.6) is 0 Å². The molecule has 3 aromatic rings. The molecule has 3 heterocycles. The number of piperazine rings is 1. The van der Waals surface area contributed by atoms with Crippen molar-refractivity contribution in [1.82, 2.24) is 19.5 Å². The molecule has 0 amide bonds. The van der Waals surface area contributed by atoms with Crippen LogP contribution < -0.4 is 10.5 Å². The number of anilines is 1. The Kier molecular flexibility index (Phi) is 4.80. The van der Waals surface area contributed by atoms with Crippen LogP contribution in [0.3, 0.4) is 0 Å². The van der Waals surface area contributed by atoms with Crippen LogP contribution in [0.25, 0.3) is 10.2 Å². The minimum absolute atomic E-state index is 0.110. The average Bonchev–Trinajstić information content (AvgIpc) is 3.13. The van der Waals surface area contributed by atoms with E-state index in [2.05, 4.69) is 15.2 Å². The molecule has 0 saturated carbocycles. The van der Waals surface area contributed by atoms with Gasteiger partial charge in [-0.2, -0.15) is 9.40 Å². The van der Waals surface area contributed by atoms with Gasteiger partial charge in [0.2, 0.25) is 10.0 Å². The second-order valence-corrected chi connectivity index (χ2v) is 9.15. The lowest BCUT2D eigenvalue weighted by Crippen LogP contribution is -2.58. The number of aromatic amines is 1. The molecule has 1 aromatic carbocycles. The van der Waals surface area contributed by atoms with Crippen molar-refractivity contribution >= 4 is 42.7 Å². The zero-order valence-electron chi connectivity index (χ0n) is 14.6. The van der Waals surface area contributed by atoms with Crippen LogP contribution in [-0.2, 0) is 14.8 Å². The number of fused-ring (bicyclic) bond motifs is 1. The van der Waals surface area contributed by atoms with Crippen LogP contribution in [0.1, 0.15) is 0 Å². The van der Waals surface area contributed by atoms with Crippen molar-refractivity contribution in [2.75, 3.05) is 24.5 Å². The molecule has 29 heavy (non-hydrogen) atoms. The van der Waals surface area contributed by atoms with Gasteiger partial charge in [0.15, 0.2) is 5.13 Å². The smallest absolute Gasteiger partial charge is 0.323 e. The van der Waals surface area contributed by atoms with Crippen LogP contribution in [0.15, 0.2) is 40.2 Å². The molecule has 1 atom stereocenters. The van der Waals surface area contributed by atoms with Crippen LogP contribution in [0.2, 0.25) is 0 Å². The normalized spacial score (nSPS) is 18.2. The quantitative estimate of drug-likeness (QED) is 0.599. The predicted octanol–water partition coefficient (Wildman–Crippen LogP) is 0.483. The number of benzene rings is 1. The number of aliphatic carboxylic acids is 1. The number of halogens is 1. The lowest BCUT2D eigenvalue weighted by Gasteiger charge is -2.38. The molecule has 152 valence electrons. The van der Waals surface area contributed by atoms with Crippen LogP contribution >= 0.6 is 11.3 Å². The Hall–Kier alpha value is -2.90. The fourth-order valence-electron chi connectivity index (χ4n) is 3.08. The summed E-state index contributed by atoms with van der Waals surface area (Å²) in [4.78, 5) is 29.4. The molecule has 10 nitrogen and oxygen atoms in total. The maximum atomic E-state index is 13.1. The van der Waals surface area contributed by atoms with Gasteiger partial charge < -0.3 is 10.0 Å². The second kappa shape index (κ2) is 7.17. The van der Waals surface area contributed by atoms with Crippen molar-refractivity contribution in [1.29, 1.82) is 0 Å². The van der Waals surface area contributed by atoms with Gasteiger partial charge in [-0.3, -0.25) is 9.59 Å². The van der Waals surface area contributed by atoms with Gasteiger partial charge in [-0.15, -0.1) is 0 Å². The fraction of sp³-hybridized carbons (Fsp3) is 0.250. The number of H-pyrrole nitrogens is 1. The van der Waals surface area contributed by atoms with Crippen LogP contribution in [0, 0.1) is 5.82 Å². The second-order valence-electron chi connectivity index (χ2n) is 6.28. The molecule has 1 aliphatic heterocycles. The van der Waals surface area contributed by atoms with Crippen molar-refractivity contribution in [3.63, 3.8) is 0 Å². The number of sulfonamides is 1. The van der Waals surface area contributed by atoms with Gasteiger partial charge in [0, 0.05) is 19.6 Å². The first-order chi connectivity index (χ1) is 13.8. The van der Waals surface area contributed by atoms with Gasteiger partial charge in [-0.25, -0.2) is 22.9 Å². The molecule has 4 rings (SSSR count). The minimum Gasteiger partial charge on any atom is -0.480 e. The summed E-state index contributed by atoms with van der Waals surface area (Å²) in [6.07, 6.45) is 1.39. The van der Waals surface area contributed by atoms with E-state index >= 15 is 0 Å². The first kappa shape index (κ1) is 19.4. The lowest BCUT2D eigenvalue weighted by molar-refractivity contribution is -0.141. The Morgan fingerprint density at radius 2 is 2.00 bits per heavy atom. The topological polar surface area (TPSA) is 137 Å². The van der Waals surface area contributed by atoms with Crippen molar-refractivity contribution < 1.29 is 22.7 Å². The molecule has 2 aromatic heterocycles. The highest BCUT2D eigenvalue weighted by Crippen LogP contribution is 2.29. The highest BCUT2D eigenvalue weighted by atomic mass is 32.2. The number of carboxylic acids is 1. The Labute approximate surface area is 167 Å². The first-order valence-corrected chi connectivity index (χ1v) is 10.6. The van der Waals surface area contributed by atoms with E-state index in [1.165, 1.54) is 6.20 Å². The van der Waals surface area contributed by atoms with E-state index in [0.29, 0.717) is 15.3 Å². The standard InChI is InChI=1S/C16H14FN5O5S2/c17-9-1-3-10(4-2-9)29(26,27)22-6-5-21(8-12(22)15(24)25)16-19-11-7-18-20-14(23)13(11)28-16/h1-4,7,12H,5-6,8H2,(H,20,23)(H,24,25)/t12-/m1/s1. The highest BCUT2D eigenvalue weighted by Gasteiger charge is 2.41. The molecule has 2 N–H and O–H groups in total. The van der Waals surface area contributed by atoms with Gasteiger partial charge in [0.25, 0.3) is 5.56 Å². The van der Waals surface area contributed by atoms with Crippen LogP contribution in [0.4, 0.5) is 9.52 Å². The molecule has 0 bridgehead atoms. The van der Waals surface area contributed by atoms with Crippen molar-refractivity contribution in [2.45, 2.75) is 10.9 Å². The van der Waals surface area contributed by atoms with E-state index in [-0.39, 0.29) is 24.5 Å². The van der Waals surface area contributed by atoms with Crippen molar-refractivity contribution in [2.24, 2.45) is 0 Å². The Bertz CT molecular complexity index is 1240. The summed E-state index contributed by atoms with van der Waals surface area (Å²) in [5, 5.41) is 16.0. The fourth-order valence-corrected chi connectivity index (χ4v) is 5.61. The van der Waals surface area contributed by atoms with Gasteiger partial charge in [-0.1, -0.05) is 11.3 Å². The molecule has 0 spiro atoms. The first-order valence-electron chi connectivity index (χ1n) is 8.37. The summed E-state index contributed by atoms with van der Waals surface area (Å²) in [6.45, 7) is -0.0858. The zero-order valence-corrected chi connectivity index (χ0v) is 16.3. The van der Waals surface area contributed by atoms with Crippen LogP contribution in [-0.4, -0.2) is 64.7 Å². The summed E-state index contributed by atoms with van der Waals surface area (Å²) in [5.41, 5.74) is -0.0273. The zero-order chi connectivity index (χ0) is 20.8. The third-order valence-corrected chi connectivity index (χ3v) is 7.56. The largest absolute Gasteiger partial charge is 0.480 e. The van der Waals surface area contributed by atoms with Gasteiger partial charge in [0.1, 0.15) is 22.1 Å². The van der Waals surface area contributed by atoms with Gasteiger partial charge in [-0.05, 0) is 24.3 Å². The predicted molar refractivity (Wildman–Crippen MR) is 102 cm³/mol. The van der Waals surface area contributed by atoms with Gasteiger partial charge in [0.05, 0.1) is 11.1 Å². The molecule has 1 fully saturated rings. The number of aromatic nitrogens is 3. The SMILES string of the molecule is O=C(O)[C@H]1CN(c2nc3cn[nH]c(=O)c3s2)CCN1S(=O)(=O)c1ccc(F)cc1. The van der Waals surface area contributed by atoms with E-state index in [4.69, 9.17) is 0 Å². The minimum atomic E-state index is -4.13. The van der Waals surface area contributed by atoms with E-state index in [1.54, 1.807) is 4.90 Å². The van der Waals surface area contributed by atoms with E-state index in [1.807, 2.05) is 0 Å². The number of carbonyl (C=O) groups is 1. The molecular formula is C16H14FN5O5S2. The third-order valence-electron chi connectivity index (χ3n) is 4.51. The van der Waals surface area contributed by atoms with Crippen molar-refractivity contribution in [3.8, 4) is 0 Å². The summed E-state index contributed by atoms with van der Waals surface area (Å²) < 4.78 is 40.2. The highest BCUT2D eigenvalue weighted by molar-refractivity contribution is 7.89. The number of hydrogen-bond acceptors (Lipinski definition) is 8. The Balaban J connectivity index is 1.65. The van der Waals surface area contributed by atoms with E-state index < -0.39 is 33.4 Å². The monoisotopic (exact) mass is 439 g/mol. The number of hydrogen-bond donors (Lipinski definition) is 2. The molecule has 1 aliphatic rings. The maximum absolute atomic E-state index is 13.1. The third kappa shape index (κ3) is 3.47. The Morgan fingerprint density at radius 1 is 1.28 bits per heavy atom.